The van der Waals surface area contributed by atoms with Crippen molar-refractivity contribution >= 4 is 5.84 Å². The quantitative estimate of drug-likeness (QED) is 0.331. The van der Waals surface area contributed by atoms with Crippen LogP contribution in [0.25, 0.3) is 0 Å². The van der Waals surface area contributed by atoms with Crippen LogP contribution in [0, 0.1) is 5.41 Å². The van der Waals surface area contributed by atoms with E-state index in [2.05, 4.69) is 11.8 Å². The summed E-state index contributed by atoms with van der Waals surface area (Å²) >= 11 is 0. The maximum atomic E-state index is 7.19. The number of hydrogen-bond donors (Lipinski definition) is 2. The molecule has 0 saturated heterocycles. The van der Waals surface area contributed by atoms with E-state index >= 15 is 0 Å². The molecule has 0 aliphatic heterocycles. The minimum absolute atomic E-state index is 0.231. The monoisotopic (exact) mass is 217 g/mol. The van der Waals surface area contributed by atoms with Crippen molar-refractivity contribution in [1.29, 1.82) is 5.41 Å². The van der Waals surface area contributed by atoms with Crippen LogP contribution < -0.4 is 5.73 Å². The largest absolute Gasteiger partial charge is 0.388 e. The van der Waals surface area contributed by atoms with Crippen LogP contribution in [0.4, 0.5) is 0 Å². The first-order chi connectivity index (χ1) is 7.07. The third-order valence-corrected chi connectivity index (χ3v) is 2.29. The Morgan fingerprint density at radius 1 is 1.40 bits per heavy atom. The number of rotatable bonds is 9. The Morgan fingerprint density at radius 2 is 2.07 bits per heavy atom. The molecular weight excluding hydrogens is 194 g/mol. The van der Waals surface area contributed by atoms with Crippen molar-refractivity contribution in [2.75, 3.05) is 40.5 Å². The molecule has 0 fully saturated rings. The number of amidine groups is 1. The maximum Gasteiger partial charge on any atom is 0.0920 e. The molecular formula is C10H23N3O2. The van der Waals surface area contributed by atoms with Gasteiger partial charge in [0.15, 0.2) is 0 Å². The number of nitrogens with zero attached hydrogens (tertiary/aromatic N) is 1. The van der Waals surface area contributed by atoms with E-state index in [9.17, 15) is 0 Å². The Labute approximate surface area is 92.0 Å². The van der Waals surface area contributed by atoms with Crippen molar-refractivity contribution in [2.45, 2.75) is 19.4 Å². The molecule has 0 aromatic heterocycles. The topological polar surface area (TPSA) is 71.6 Å². The molecule has 0 spiro atoms. The van der Waals surface area contributed by atoms with E-state index < -0.39 is 0 Å². The normalized spacial score (nSPS) is 13.1. The van der Waals surface area contributed by atoms with E-state index in [-0.39, 0.29) is 11.9 Å². The molecule has 0 aromatic rings. The molecule has 0 bridgehead atoms. The summed E-state index contributed by atoms with van der Waals surface area (Å²) in [5.74, 6) is 0.231. The number of nitrogens with one attached hydrogen (secondary N) is 1. The van der Waals surface area contributed by atoms with Gasteiger partial charge in [-0.2, -0.15) is 0 Å². The van der Waals surface area contributed by atoms with Gasteiger partial charge in [-0.15, -0.1) is 0 Å². The molecule has 0 amide bonds. The highest BCUT2D eigenvalue weighted by atomic mass is 16.5. The third-order valence-electron chi connectivity index (χ3n) is 2.29. The highest BCUT2D eigenvalue weighted by Crippen LogP contribution is 1.99. The Morgan fingerprint density at radius 3 is 2.60 bits per heavy atom. The van der Waals surface area contributed by atoms with Crippen LogP contribution in [0.5, 0.6) is 0 Å². The Balaban J connectivity index is 3.46. The van der Waals surface area contributed by atoms with E-state index in [4.69, 9.17) is 20.6 Å². The minimum atomic E-state index is 0.231. The molecule has 0 saturated carbocycles. The highest BCUT2D eigenvalue weighted by Gasteiger charge is 2.09. The summed E-state index contributed by atoms with van der Waals surface area (Å²) in [5, 5.41) is 7.19. The fraction of sp³-hybridized carbons (Fsp3) is 0.900. The number of hydrogen-bond acceptors (Lipinski definition) is 4. The number of likely N-dealkylation sites (N-methyl/N-ethyl adjacent to an activating group) is 1. The zero-order chi connectivity index (χ0) is 11.7. The molecule has 0 aliphatic rings. The van der Waals surface area contributed by atoms with Crippen LogP contribution in [0.1, 0.15) is 13.3 Å². The van der Waals surface area contributed by atoms with Gasteiger partial charge in [0.2, 0.25) is 0 Å². The van der Waals surface area contributed by atoms with Gasteiger partial charge < -0.3 is 20.1 Å². The van der Waals surface area contributed by atoms with E-state index in [1.807, 2.05) is 7.05 Å². The average molecular weight is 217 g/mol. The second-order valence-corrected chi connectivity index (χ2v) is 3.66. The van der Waals surface area contributed by atoms with Crippen molar-refractivity contribution in [3.63, 3.8) is 0 Å². The second kappa shape index (κ2) is 8.64. The van der Waals surface area contributed by atoms with Crippen molar-refractivity contribution in [2.24, 2.45) is 5.73 Å². The van der Waals surface area contributed by atoms with Crippen molar-refractivity contribution in [3.05, 3.63) is 0 Å². The van der Waals surface area contributed by atoms with Crippen LogP contribution in [0.2, 0.25) is 0 Å². The SMILES string of the molecule is COCCOCCN(C)C(C)CC(=N)N. The predicted molar refractivity (Wildman–Crippen MR) is 61.3 cm³/mol. The maximum absolute atomic E-state index is 7.19. The van der Waals surface area contributed by atoms with Gasteiger partial charge in [0.25, 0.3) is 0 Å². The van der Waals surface area contributed by atoms with Crippen LogP contribution in [0.3, 0.4) is 0 Å². The van der Waals surface area contributed by atoms with Gasteiger partial charge in [-0.3, -0.25) is 5.41 Å². The summed E-state index contributed by atoms with van der Waals surface area (Å²) in [6.45, 7) is 4.84. The van der Waals surface area contributed by atoms with E-state index in [1.165, 1.54) is 0 Å². The smallest absolute Gasteiger partial charge is 0.0920 e. The third kappa shape index (κ3) is 8.35. The van der Waals surface area contributed by atoms with Crippen LogP contribution in [0.15, 0.2) is 0 Å². The lowest BCUT2D eigenvalue weighted by molar-refractivity contribution is 0.0563. The van der Waals surface area contributed by atoms with Gasteiger partial charge in [-0.05, 0) is 14.0 Å². The van der Waals surface area contributed by atoms with E-state index in [0.717, 1.165) is 6.54 Å². The lowest BCUT2D eigenvalue weighted by atomic mass is 10.2. The number of nitrogens with two attached hydrogens (primary N) is 1. The fourth-order valence-corrected chi connectivity index (χ4v) is 1.15. The summed E-state index contributed by atoms with van der Waals surface area (Å²) in [7, 11) is 3.66. The van der Waals surface area contributed by atoms with Crippen LogP contribution in [-0.2, 0) is 9.47 Å². The van der Waals surface area contributed by atoms with Crippen molar-refractivity contribution in [1.82, 2.24) is 4.90 Å². The molecule has 5 nitrogen and oxygen atoms in total. The summed E-state index contributed by atoms with van der Waals surface area (Å²) in [6.07, 6.45) is 0.606. The molecule has 15 heavy (non-hydrogen) atoms. The minimum Gasteiger partial charge on any atom is -0.388 e. The molecule has 1 unspecified atom stereocenters. The van der Waals surface area contributed by atoms with Gasteiger partial charge in [0.1, 0.15) is 0 Å². The first kappa shape index (κ1) is 14.3. The summed E-state index contributed by atoms with van der Waals surface area (Å²) in [4.78, 5) is 2.13. The van der Waals surface area contributed by atoms with Gasteiger partial charge in [-0.1, -0.05) is 0 Å². The molecule has 90 valence electrons. The van der Waals surface area contributed by atoms with Gasteiger partial charge in [0, 0.05) is 26.1 Å². The summed E-state index contributed by atoms with van der Waals surface area (Å²) < 4.78 is 10.2. The first-order valence-electron chi connectivity index (χ1n) is 5.17. The fourth-order valence-electron chi connectivity index (χ4n) is 1.15. The average Bonchev–Trinajstić information content (AvgIpc) is 2.16. The molecule has 0 aliphatic carbocycles. The van der Waals surface area contributed by atoms with Crippen molar-refractivity contribution in [3.8, 4) is 0 Å². The van der Waals surface area contributed by atoms with Crippen LogP contribution >= 0.6 is 0 Å². The lowest BCUT2D eigenvalue weighted by Gasteiger charge is -2.23. The standard InChI is InChI=1S/C10H23N3O2/c1-9(8-10(11)12)13(2)4-5-15-7-6-14-3/h9H,4-8H2,1-3H3,(H3,11,12). The lowest BCUT2D eigenvalue weighted by Crippen LogP contribution is -2.35. The van der Waals surface area contributed by atoms with Crippen molar-refractivity contribution < 1.29 is 9.47 Å². The number of methoxy groups -OCH3 is 1. The first-order valence-corrected chi connectivity index (χ1v) is 5.17. The second-order valence-electron chi connectivity index (χ2n) is 3.66. The zero-order valence-corrected chi connectivity index (χ0v) is 9.95. The molecule has 3 N–H and O–H groups in total. The predicted octanol–water partition coefficient (Wildman–Crippen LogP) is 0.296. The zero-order valence-electron chi connectivity index (χ0n) is 9.95. The Bertz CT molecular complexity index is 176. The summed E-state index contributed by atoms with van der Waals surface area (Å²) in [5.41, 5.74) is 5.33. The van der Waals surface area contributed by atoms with E-state index in [0.29, 0.717) is 26.2 Å². The van der Waals surface area contributed by atoms with E-state index in [1.54, 1.807) is 7.11 Å². The van der Waals surface area contributed by atoms with Gasteiger partial charge >= 0.3 is 0 Å². The molecule has 0 radical (unpaired) electrons. The van der Waals surface area contributed by atoms with Crippen LogP contribution in [-0.4, -0.2) is 57.3 Å². The number of ether oxygens (including phenoxy) is 2. The Hall–Kier alpha value is -0.650. The summed E-state index contributed by atoms with van der Waals surface area (Å²) in [6, 6.07) is 0.286. The van der Waals surface area contributed by atoms with Gasteiger partial charge in [0.05, 0.1) is 25.7 Å². The van der Waals surface area contributed by atoms with Gasteiger partial charge in [-0.25, -0.2) is 0 Å². The Kier molecular flexibility index (Phi) is 8.27. The molecule has 5 heteroatoms. The molecule has 0 heterocycles. The molecule has 1 atom stereocenters. The molecule has 0 rings (SSSR count). The highest BCUT2D eigenvalue weighted by molar-refractivity contribution is 5.77. The molecule has 0 aromatic carbocycles.